The molecule has 0 saturated heterocycles. The minimum Gasteiger partial charge on any atom is -0.465 e. The maximum atomic E-state index is 12.1. The molecule has 2 aromatic carbocycles. The number of hydrogen-bond acceptors (Lipinski definition) is 9. The summed E-state index contributed by atoms with van der Waals surface area (Å²) in [6, 6.07) is 15.9. The minimum atomic E-state index is -0.429. The summed E-state index contributed by atoms with van der Waals surface area (Å²) < 4.78 is 4.64. The first-order chi connectivity index (χ1) is 14.5. The van der Waals surface area contributed by atoms with Crippen molar-refractivity contribution in [1.29, 1.82) is 0 Å². The van der Waals surface area contributed by atoms with Crippen LogP contribution in [0, 0.1) is 0 Å². The molecule has 0 aliphatic carbocycles. The van der Waals surface area contributed by atoms with Crippen LogP contribution in [-0.4, -0.2) is 39.7 Å². The fourth-order valence-electron chi connectivity index (χ4n) is 2.45. The molecule has 30 heavy (non-hydrogen) atoms. The molecule has 0 aliphatic rings. The van der Waals surface area contributed by atoms with Crippen LogP contribution in [0.2, 0.25) is 0 Å². The first-order valence-electron chi connectivity index (χ1n) is 8.92. The molecule has 10 heteroatoms. The molecule has 0 spiro atoms. The molecule has 3 aromatic rings. The SMILES string of the molecule is COC(=O)c1ccc(NC(=O)CSCc2nc(N)nc(Nc3ccccc3)n2)cc1. The number of ether oxygens (including phenoxy) is 1. The van der Waals surface area contributed by atoms with E-state index < -0.39 is 5.97 Å². The van der Waals surface area contributed by atoms with Gasteiger partial charge in [-0.25, -0.2) is 4.79 Å². The van der Waals surface area contributed by atoms with Crippen molar-refractivity contribution in [2.45, 2.75) is 5.75 Å². The van der Waals surface area contributed by atoms with Crippen LogP contribution in [0.25, 0.3) is 0 Å². The third-order valence-corrected chi connectivity index (χ3v) is 4.71. The summed E-state index contributed by atoms with van der Waals surface area (Å²) >= 11 is 1.35. The molecule has 0 atom stereocenters. The standard InChI is InChI=1S/C20H20N6O3S/c1-29-18(28)13-7-9-15(10-8-13)22-17(27)12-30-11-16-24-19(21)26-20(25-16)23-14-5-3-2-4-6-14/h2-10H,11-12H2,1H3,(H,22,27)(H3,21,23,24,25,26). The van der Waals surface area contributed by atoms with E-state index in [1.165, 1.54) is 18.9 Å². The third kappa shape index (κ3) is 6.17. The van der Waals surface area contributed by atoms with Gasteiger partial charge in [-0.05, 0) is 36.4 Å². The number of nitrogens with one attached hydrogen (secondary N) is 2. The molecule has 0 bridgehead atoms. The Balaban J connectivity index is 1.51. The minimum absolute atomic E-state index is 0.106. The average Bonchev–Trinajstić information content (AvgIpc) is 2.74. The van der Waals surface area contributed by atoms with Crippen molar-refractivity contribution in [1.82, 2.24) is 15.0 Å². The molecule has 0 aliphatic heterocycles. The number of thioether (sulfide) groups is 1. The highest BCUT2D eigenvalue weighted by Gasteiger charge is 2.09. The van der Waals surface area contributed by atoms with Gasteiger partial charge in [0.25, 0.3) is 0 Å². The monoisotopic (exact) mass is 424 g/mol. The van der Waals surface area contributed by atoms with E-state index in [-0.39, 0.29) is 17.6 Å². The molecule has 154 valence electrons. The van der Waals surface area contributed by atoms with E-state index >= 15 is 0 Å². The molecule has 9 nitrogen and oxygen atoms in total. The number of carbonyl (C=O) groups excluding carboxylic acids is 2. The largest absolute Gasteiger partial charge is 0.465 e. The zero-order valence-electron chi connectivity index (χ0n) is 16.2. The topological polar surface area (TPSA) is 132 Å². The van der Waals surface area contributed by atoms with Gasteiger partial charge in [0.2, 0.25) is 17.8 Å². The molecule has 0 saturated carbocycles. The number of rotatable bonds is 8. The van der Waals surface area contributed by atoms with Crippen molar-refractivity contribution in [2.24, 2.45) is 0 Å². The quantitative estimate of drug-likeness (QED) is 0.467. The van der Waals surface area contributed by atoms with Crippen molar-refractivity contribution in [3.05, 3.63) is 66.0 Å². The Morgan fingerprint density at radius 2 is 1.73 bits per heavy atom. The van der Waals surface area contributed by atoms with E-state index in [4.69, 9.17) is 5.73 Å². The number of methoxy groups -OCH3 is 1. The van der Waals surface area contributed by atoms with Gasteiger partial charge < -0.3 is 21.1 Å². The Hall–Kier alpha value is -3.66. The molecule has 3 rings (SSSR count). The number of aromatic nitrogens is 3. The lowest BCUT2D eigenvalue weighted by Crippen LogP contribution is -2.14. The van der Waals surface area contributed by atoms with Crippen molar-refractivity contribution in [3.8, 4) is 0 Å². The Morgan fingerprint density at radius 3 is 2.43 bits per heavy atom. The molecular weight excluding hydrogens is 404 g/mol. The summed E-state index contributed by atoms with van der Waals surface area (Å²) in [6.45, 7) is 0. The van der Waals surface area contributed by atoms with Gasteiger partial charge in [-0.3, -0.25) is 4.79 Å². The molecule has 1 heterocycles. The number of carbonyl (C=O) groups is 2. The van der Waals surface area contributed by atoms with Gasteiger partial charge in [-0.1, -0.05) is 18.2 Å². The fourth-order valence-corrected chi connectivity index (χ4v) is 3.12. The normalized spacial score (nSPS) is 10.3. The Morgan fingerprint density at radius 1 is 1.00 bits per heavy atom. The number of anilines is 4. The second-order valence-electron chi connectivity index (χ2n) is 6.03. The summed E-state index contributed by atoms with van der Waals surface area (Å²) in [7, 11) is 1.32. The van der Waals surface area contributed by atoms with Crippen LogP contribution in [0.15, 0.2) is 54.6 Å². The highest BCUT2D eigenvalue weighted by atomic mass is 32.2. The fraction of sp³-hybridized carbons (Fsp3) is 0.150. The average molecular weight is 424 g/mol. The summed E-state index contributed by atoms with van der Waals surface area (Å²) in [5.41, 5.74) is 7.60. The molecule has 0 fully saturated rings. The van der Waals surface area contributed by atoms with E-state index in [9.17, 15) is 9.59 Å². The van der Waals surface area contributed by atoms with Crippen molar-refractivity contribution < 1.29 is 14.3 Å². The Labute approximate surface area is 177 Å². The van der Waals surface area contributed by atoms with Crippen molar-refractivity contribution in [3.63, 3.8) is 0 Å². The number of esters is 1. The maximum absolute atomic E-state index is 12.1. The number of nitrogen functional groups attached to an aromatic ring is 1. The van der Waals surface area contributed by atoms with Crippen LogP contribution in [0.1, 0.15) is 16.2 Å². The molecular formula is C20H20N6O3S. The van der Waals surface area contributed by atoms with Gasteiger partial charge in [0.05, 0.1) is 24.2 Å². The number of benzene rings is 2. The van der Waals surface area contributed by atoms with Gasteiger partial charge in [-0.15, -0.1) is 11.8 Å². The van der Waals surface area contributed by atoms with Crippen LogP contribution in [0.4, 0.5) is 23.3 Å². The van der Waals surface area contributed by atoms with Crippen LogP contribution in [-0.2, 0) is 15.3 Å². The summed E-state index contributed by atoms with van der Waals surface area (Å²) in [5, 5.41) is 5.84. The van der Waals surface area contributed by atoms with Crippen molar-refractivity contribution in [2.75, 3.05) is 29.2 Å². The highest BCUT2D eigenvalue weighted by Crippen LogP contribution is 2.16. The molecule has 4 N–H and O–H groups in total. The van der Waals surface area contributed by atoms with Crippen LogP contribution >= 0.6 is 11.8 Å². The van der Waals surface area contributed by atoms with E-state index in [0.717, 1.165) is 5.69 Å². The molecule has 0 radical (unpaired) electrons. The molecule has 1 amide bonds. The van der Waals surface area contributed by atoms with Gasteiger partial charge in [0.15, 0.2) is 0 Å². The van der Waals surface area contributed by atoms with E-state index in [1.807, 2.05) is 30.3 Å². The highest BCUT2D eigenvalue weighted by molar-refractivity contribution is 7.99. The number of nitrogens with zero attached hydrogens (tertiary/aromatic N) is 3. The zero-order valence-corrected chi connectivity index (χ0v) is 17.0. The first kappa shape index (κ1) is 21.1. The molecule has 0 unspecified atom stereocenters. The summed E-state index contributed by atoms with van der Waals surface area (Å²) in [4.78, 5) is 36.1. The number of para-hydroxylation sites is 1. The van der Waals surface area contributed by atoms with E-state index in [2.05, 4.69) is 30.3 Å². The Kier molecular flexibility index (Phi) is 7.17. The number of nitrogens with two attached hydrogens (primary N) is 1. The second-order valence-corrected chi connectivity index (χ2v) is 7.02. The smallest absolute Gasteiger partial charge is 0.337 e. The lowest BCUT2D eigenvalue weighted by Gasteiger charge is -2.08. The third-order valence-electron chi connectivity index (χ3n) is 3.78. The predicted molar refractivity (Wildman–Crippen MR) is 117 cm³/mol. The molecule has 1 aromatic heterocycles. The van der Waals surface area contributed by atoms with Gasteiger partial charge in [0.1, 0.15) is 5.82 Å². The van der Waals surface area contributed by atoms with E-state index in [1.54, 1.807) is 24.3 Å². The summed E-state index contributed by atoms with van der Waals surface area (Å²) in [5.74, 6) is 0.905. The van der Waals surface area contributed by atoms with E-state index in [0.29, 0.717) is 28.8 Å². The van der Waals surface area contributed by atoms with Crippen LogP contribution < -0.4 is 16.4 Å². The number of hydrogen-bond donors (Lipinski definition) is 3. The van der Waals surface area contributed by atoms with Gasteiger partial charge >= 0.3 is 5.97 Å². The first-order valence-corrected chi connectivity index (χ1v) is 10.1. The Bertz CT molecular complexity index is 1010. The predicted octanol–water partition coefficient (Wildman–Crippen LogP) is 2.86. The maximum Gasteiger partial charge on any atom is 0.337 e. The number of amides is 1. The van der Waals surface area contributed by atoms with Crippen LogP contribution in [0.5, 0.6) is 0 Å². The van der Waals surface area contributed by atoms with Gasteiger partial charge in [-0.2, -0.15) is 15.0 Å². The van der Waals surface area contributed by atoms with Crippen LogP contribution in [0.3, 0.4) is 0 Å². The van der Waals surface area contributed by atoms with Crippen molar-refractivity contribution >= 4 is 46.9 Å². The zero-order chi connectivity index (χ0) is 21.3. The van der Waals surface area contributed by atoms with Gasteiger partial charge in [0, 0.05) is 11.4 Å². The lowest BCUT2D eigenvalue weighted by molar-refractivity contribution is -0.113. The second kappa shape index (κ2) is 10.2. The summed E-state index contributed by atoms with van der Waals surface area (Å²) in [6.07, 6.45) is 0. The lowest BCUT2D eigenvalue weighted by atomic mass is 10.2.